The molecule has 0 saturated carbocycles. The third kappa shape index (κ3) is 7.99. The van der Waals surface area contributed by atoms with Crippen molar-refractivity contribution in [1.29, 1.82) is 0 Å². The Morgan fingerprint density at radius 1 is 1.21 bits per heavy atom. The quantitative estimate of drug-likeness (QED) is 0.667. The van der Waals surface area contributed by atoms with Gasteiger partial charge in [-0.05, 0) is 24.1 Å². The molecule has 0 aromatic heterocycles. The number of nitrogens with one attached hydrogen (secondary N) is 1. The van der Waals surface area contributed by atoms with Crippen LogP contribution in [0.4, 0.5) is 5.69 Å². The molecule has 0 fully saturated rings. The van der Waals surface area contributed by atoms with Crippen LogP contribution in [0.15, 0.2) is 18.2 Å². The molecular weight excluding hydrogens is 351 g/mol. The zero-order valence-electron chi connectivity index (χ0n) is 14.3. The fraction of sp³-hybridized carbons (Fsp3) is 0.529. The van der Waals surface area contributed by atoms with Crippen molar-refractivity contribution in [3.05, 3.63) is 28.2 Å². The highest BCUT2D eigenvalue weighted by Gasteiger charge is 2.13. The summed E-state index contributed by atoms with van der Waals surface area (Å²) in [5, 5.41) is 3.71. The highest BCUT2D eigenvalue weighted by molar-refractivity contribution is 6.35. The van der Waals surface area contributed by atoms with E-state index in [0.717, 1.165) is 6.54 Å². The van der Waals surface area contributed by atoms with Gasteiger partial charge in [0.2, 0.25) is 5.91 Å². The lowest BCUT2D eigenvalue weighted by molar-refractivity contribution is -0.141. The van der Waals surface area contributed by atoms with Gasteiger partial charge in [-0.3, -0.25) is 9.59 Å². The Kier molecular flexibility index (Phi) is 9.11. The molecule has 1 aromatic rings. The average molecular weight is 375 g/mol. The molecule has 0 bridgehead atoms. The average Bonchev–Trinajstić information content (AvgIpc) is 2.52. The van der Waals surface area contributed by atoms with Gasteiger partial charge in [0, 0.05) is 31.1 Å². The summed E-state index contributed by atoms with van der Waals surface area (Å²) in [5.41, 5.74) is 0.499. The number of anilines is 1. The van der Waals surface area contributed by atoms with Crippen molar-refractivity contribution in [3.63, 3.8) is 0 Å². The highest BCUT2D eigenvalue weighted by atomic mass is 35.5. The first kappa shape index (κ1) is 20.7. The van der Waals surface area contributed by atoms with E-state index in [-0.39, 0.29) is 11.9 Å². The smallest absolute Gasteiger partial charge is 0.306 e. The van der Waals surface area contributed by atoms with Gasteiger partial charge in [0.25, 0.3) is 0 Å². The topological polar surface area (TPSA) is 58.6 Å². The van der Waals surface area contributed by atoms with Crippen LogP contribution in [0, 0.1) is 5.92 Å². The molecule has 0 aliphatic carbocycles. The number of hydrogen-bond donors (Lipinski definition) is 1. The van der Waals surface area contributed by atoms with Crippen LogP contribution in [0.3, 0.4) is 0 Å². The number of rotatable bonds is 9. The van der Waals surface area contributed by atoms with E-state index in [2.05, 4.69) is 28.8 Å². The normalized spacial score (nSPS) is 11.0. The van der Waals surface area contributed by atoms with Crippen molar-refractivity contribution in [3.8, 4) is 0 Å². The number of halogens is 2. The molecule has 1 rings (SSSR count). The molecule has 0 heterocycles. The van der Waals surface area contributed by atoms with E-state index in [1.807, 2.05) is 0 Å². The summed E-state index contributed by atoms with van der Waals surface area (Å²) in [5.74, 6) is 0.0398. The molecule has 0 atom stereocenters. The number of nitrogens with zero attached hydrogens (tertiary/aromatic N) is 1. The molecule has 0 aliphatic rings. The minimum absolute atomic E-state index is 0.147. The van der Waals surface area contributed by atoms with E-state index in [9.17, 15) is 9.59 Å². The fourth-order valence-corrected chi connectivity index (χ4v) is 2.56. The van der Waals surface area contributed by atoms with Crippen LogP contribution in [0.25, 0.3) is 0 Å². The Bertz CT molecular complexity index is 565. The maximum Gasteiger partial charge on any atom is 0.306 e. The van der Waals surface area contributed by atoms with Crippen LogP contribution in [0.2, 0.25) is 10.0 Å². The third-order valence-corrected chi connectivity index (χ3v) is 3.91. The Morgan fingerprint density at radius 3 is 2.50 bits per heavy atom. The summed E-state index contributed by atoms with van der Waals surface area (Å²) >= 11 is 11.9. The van der Waals surface area contributed by atoms with Crippen molar-refractivity contribution < 1.29 is 14.3 Å². The first-order valence-electron chi connectivity index (χ1n) is 7.86. The van der Waals surface area contributed by atoms with Gasteiger partial charge in [-0.1, -0.05) is 37.0 Å². The second kappa shape index (κ2) is 10.5. The number of carbonyl (C=O) groups excluding carboxylic acids is 2. The highest BCUT2D eigenvalue weighted by Crippen LogP contribution is 2.25. The minimum Gasteiger partial charge on any atom is -0.469 e. The summed E-state index contributed by atoms with van der Waals surface area (Å²) in [6.07, 6.45) is 0.613. The van der Waals surface area contributed by atoms with Crippen LogP contribution in [0.1, 0.15) is 26.7 Å². The lowest BCUT2D eigenvalue weighted by atomic mass is 10.2. The number of benzene rings is 1. The molecule has 5 nitrogen and oxygen atoms in total. The minimum atomic E-state index is -0.251. The molecule has 7 heteroatoms. The second-order valence-corrected chi connectivity index (χ2v) is 6.79. The number of ether oxygens (including phenoxy) is 1. The van der Waals surface area contributed by atoms with E-state index in [1.165, 1.54) is 7.11 Å². The molecule has 0 aliphatic heterocycles. The van der Waals surface area contributed by atoms with Gasteiger partial charge < -0.3 is 15.0 Å². The monoisotopic (exact) mass is 374 g/mol. The molecular formula is C17H24Cl2N2O3. The van der Waals surface area contributed by atoms with E-state index < -0.39 is 0 Å². The van der Waals surface area contributed by atoms with Crippen LogP contribution >= 0.6 is 23.2 Å². The zero-order chi connectivity index (χ0) is 18.1. The van der Waals surface area contributed by atoms with E-state index in [4.69, 9.17) is 23.2 Å². The van der Waals surface area contributed by atoms with Gasteiger partial charge in [0.1, 0.15) is 0 Å². The van der Waals surface area contributed by atoms with Crippen LogP contribution < -0.4 is 5.32 Å². The predicted molar refractivity (Wildman–Crippen MR) is 97.6 cm³/mol. The van der Waals surface area contributed by atoms with Crippen LogP contribution in [-0.4, -0.2) is 43.5 Å². The Hall–Kier alpha value is -1.30. The van der Waals surface area contributed by atoms with E-state index >= 15 is 0 Å². The Balaban J connectivity index is 2.53. The first-order valence-corrected chi connectivity index (χ1v) is 8.61. The third-order valence-electron chi connectivity index (χ3n) is 3.34. The summed E-state index contributed by atoms with van der Waals surface area (Å²) in [6, 6.07) is 4.92. The van der Waals surface area contributed by atoms with E-state index in [0.29, 0.717) is 47.6 Å². The molecule has 0 unspecified atom stereocenters. The largest absolute Gasteiger partial charge is 0.469 e. The molecule has 1 N–H and O–H groups in total. The van der Waals surface area contributed by atoms with Crippen molar-refractivity contribution in [2.75, 3.05) is 32.1 Å². The van der Waals surface area contributed by atoms with Gasteiger partial charge in [-0.25, -0.2) is 0 Å². The van der Waals surface area contributed by atoms with Gasteiger partial charge >= 0.3 is 5.97 Å². The summed E-state index contributed by atoms with van der Waals surface area (Å²) < 4.78 is 4.66. The summed E-state index contributed by atoms with van der Waals surface area (Å²) in [7, 11) is 1.37. The maximum atomic E-state index is 12.1. The fourth-order valence-electron chi connectivity index (χ4n) is 2.23. The number of carbonyl (C=O) groups is 2. The van der Waals surface area contributed by atoms with Crippen molar-refractivity contribution in [2.45, 2.75) is 26.7 Å². The number of amides is 1. The van der Waals surface area contributed by atoms with Crippen LogP contribution in [0.5, 0.6) is 0 Å². The summed E-state index contributed by atoms with van der Waals surface area (Å²) in [4.78, 5) is 25.5. The molecule has 134 valence electrons. The molecule has 24 heavy (non-hydrogen) atoms. The molecule has 1 amide bonds. The predicted octanol–water partition coefficient (Wildman–Crippen LogP) is 3.84. The SMILES string of the molecule is COC(=O)CCN(CCC(=O)Nc1cc(Cl)ccc1Cl)CC(C)C. The van der Waals surface area contributed by atoms with E-state index in [1.54, 1.807) is 18.2 Å². The van der Waals surface area contributed by atoms with Gasteiger partial charge in [-0.2, -0.15) is 0 Å². The van der Waals surface area contributed by atoms with Crippen molar-refractivity contribution >= 4 is 40.8 Å². The van der Waals surface area contributed by atoms with Gasteiger partial charge in [0.05, 0.1) is 24.2 Å². The summed E-state index contributed by atoms with van der Waals surface area (Å²) in [6.45, 7) is 6.12. The Morgan fingerprint density at radius 2 is 1.88 bits per heavy atom. The molecule has 0 radical (unpaired) electrons. The number of methoxy groups -OCH3 is 1. The van der Waals surface area contributed by atoms with Gasteiger partial charge in [0.15, 0.2) is 0 Å². The first-order chi connectivity index (χ1) is 11.3. The zero-order valence-corrected chi connectivity index (χ0v) is 15.8. The lowest BCUT2D eigenvalue weighted by Crippen LogP contribution is -2.33. The van der Waals surface area contributed by atoms with Crippen LogP contribution in [-0.2, 0) is 14.3 Å². The lowest BCUT2D eigenvalue weighted by Gasteiger charge is -2.23. The number of hydrogen-bond acceptors (Lipinski definition) is 4. The molecule has 0 spiro atoms. The second-order valence-electron chi connectivity index (χ2n) is 5.94. The molecule has 1 aromatic carbocycles. The van der Waals surface area contributed by atoms with Crippen molar-refractivity contribution in [2.24, 2.45) is 5.92 Å². The molecule has 0 saturated heterocycles. The van der Waals surface area contributed by atoms with Crippen molar-refractivity contribution in [1.82, 2.24) is 4.90 Å². The number of esters is 1. The standard InChI is InChI=1S/C17H24Cl2N2O3/c1-12(2)11-21(9-7-17(23)24-3)8-6-16(22)20-15-10-13(18)4-5-14(15)19/h4-5,10,12H,6-9,11H2,1-3H3,(H,20,22). The Labute approximate surface area is 153 Å². The van der Waals surface area contributed by atoms with Gasteiger partial charge in [-0.15, -0.1) is 0 Å². The maximum absolute atomic E-state index is 12.1.